The van der Waals surface area contributed by atoms with Gasteiger partial charge in [0, 0.05) is 19.1 Å². The Balaban J connectivity index is 2.47. The molecule has 0 aliphatic carbocycles. The van der Waals surface area contributed by atoms with Gasteiger partial charge < -0.3 is 15.3 Å². The first-order valence-corrected chi connectivity index (χ1v) is 6.74. The van der Waals surface area contributed by atoms with Crippen LogP contribution in [0.25, 0.3) is 0 Å². The highest BCUT2D eigenvalue weighted by Gasteiger charge is 2.31. The average Bonchev–Trinajstić information content (AvgIpc) is 2.78. The SMILES string of the molecule is CCC(CNC(=O)N1CCCC1C(C)C)C(=O)O. The lowest BCUT2D eigenvalue weighted by Crippen LogP contribution is -2.46. The maximum atomic E-state index is 12.0. The number of aliphatic carboxylic acids is 1. The molecule has 0 aromatic heterocycles. The van der Waals surface area contributed by atoms with Crippen molar-refractivity contribution in [2.45, 2.75) is 46.1 Å². The minimum Gasteiger partial charge on any atom is -0.481 e. The Hall–Kier alpha value is -1.26. The number of hydrogen-bond acceptors (Lipinski definition) is 2. The molecule has 0 bridgehead atoms. The number of likely N-dealkylation sites (tertiary alicyclic amines) is 1. The van der Waals surface area contributed by atoms with Crippen LogP contribution in [0.1, 0.15) is 40.0 Å². The predicted molar refractivity (Wildman–Crippen MR) is 69.4 cm³/mol. The largest absolute Gasteiger partial charge is 0.481 e. The quantitative estimate of drug-likeness (QED) is 0.789. The second kappa shape index (κ2) is 6.61. The molecule has 5 nitrogen and oxygen atoms in total. The van der Waals surface area contributed by atoms with Crippen LogP contribution in [-0.4, -0.2) is 41.1 Å². The lowest BCUT2D eigenvalue weighted by molar-refractivity contribution is -0.141. The summed E-state index contributed by atoms with van der Waals surface area (Å²) in [5.41, 5.74) is 0. The second-order valence-electron chi connectivity index (χ2n) is 5.28. The fourth-order valence-corrected chi connectivity index (χ4v) is 2.46. The molecule has 1 aliphatic heterocycles. The maximum Gasteiger partial charge on any atom is 0.317 e. The fraction of sp³-hybridized carbons (Fsp3) is 0.846. The van der Waals surface area contributed by atoms with E-state index in [4.69, 9.17) is 5.11 Å². The molecule has 0 aromatic carbocycles. The average molecular weight is 256 g/mol. The Labute approximate surface area is 109 Å². The molecule has 1 fully saturated rings. The highest BCUT2D eigenvalue weighted by Crippen LogP contribution is 2.23. The van der Waals surface area contributed by atoms with Gasteiger partial charge in [-0.25, -0.2) is 4.79 Å². The highest BCUT2D eigenvalue weighted by molar-refractivity contribution is 5.76. The number of carboxylic acid groups (broad SMARTS) is 1. The zero-order chi connectivity index (χ0) is 13.7. The van der Waals surface area contributed by atoms with Gasteiger partial charge >= 0.3 is 12.0 Å². The van der Waals surface area contributed by atoms with E-state index in [1.54, 1.807) is 0 Å². The summed E-state index contributed by atoms with van der Waals surface area (Å²) in [6.07, 6.45) is 2.61. The van der Waals surface area contributed by atoms with E-state index in [0.717, 1.165) is 19.4 Å². The van der Waals surface area contributed by atoms with E-state index < -0.39 is 11.9 Å². The number of nitrogens with one attached hydrogen (secondary N) is 1. The molecule has 0 radical (unpaired) electrons. The number of carbonyl (C=O) groups excluding carboxylic acids is 1. The minimum atomic E-state index is -0.848. The van der Waals surface area contributed by atoms with Gasteiger partial charge in [-0.2, -0.15) is 0 Å². The monoisotopic (exact) mass is 256 g/mol. The van der Waals surface area contributed by atoms with Crippen molar-refractivity contribution in [2.75, 3.05) is 13.1 Å². The molecule has 0 saturated carbocycles. The van der Waals surface area contributed by atoms with Crippen molar-refractivity contribution in [1.29, 1.82) is 0 Å². The Kier molecular flexibility index (Phi) is 5.44. The highest BCUT2D eigenvalue weighted by atomic mass is 16.4. The van der Waals surface area contributed by atoms with Gasteiger partial charge in [0.1, 0.15) is 0 Å². The molecule has 2 N–H and O–H groups in total. The molecule has 1 rings (SSSR count). The van der Waals surface area contributed by atoms with Crippen molar-refractivity contribution < 1.29 is 14.7 Å². The lowest BCUT2D eigenvalue weighted by Gasteiger charge is -2.28. The normalized spacial score (nSPS) is 21.1. The number of urea groups is 1. The van der Waals surface area contributed by atoms with Crippen LogP contribution >= 0.6 is 0 Å². The van der Waals surface area contributed by atoms with Gasteiger partial charge in [0.05, 0.1) is 5.92 Å². The van der Waals surface area contributed by atoms with Crippen molar-refractivity contribution in [3.05, 3.63) is 0 Å². The van der Waals surface area contributed by atoms with Crippen LogP contribution in [0, 0.1) is 11.8 Å². The third-order valence-corrected chi connectivity index (χ3v) is 3.67. The van der Waals surface area contributed by atoms with Gasteiger partial charge in [-0.3, -0.25) is 4.79 Å². The van der Waals surface area contributed by atoms with Crippen molar-refractivity contribution in [1.82, 2.24) is 10.2 Å². The van der Waals surface area contributed by atoms with Gasteiger partial charge in [-0.05, 0) is 25.2 Å². The molecule has 2 unspecified atom stereocenters. The smallest absolute Gasteiger partial charge is 0.317 e. The second-order valence-corrected chi connectivity index (χ2v) is 5.28. The van der Waals surface area contributed by atoms with Crippen LogP contribution in [0.5, 0.6) is 0 Å². The van der Waals surface area contributed by atoms with Gasteiger partial charge in [-0.1, -0.05) is 20.8 Å². The summed E-state index contributed by atoms with van der Waals surface area (Å²) in [4.78, 5) is 24.7. The van der Waals surface area contributed by atoms with E-state index in [1.165, 1.54) is 0 Å². The summed E-state index contributed by atoms with van der Waals surface area (Å²) in [5.74, 6) is -0.895. The Morgan fingerprint density at radius 3 is 2.61 bits per heavy atom. The standard InChI is InChI=1S/C13H24N2O3/c1-4-10(12(16)17)8-14-13(18)15-7-5-6-11(15)9(2)3/h9-11H,4-8H2,1-3H3,(H,14,18)(H,16,17). The van der Waals surface area contributed by atoms with Crippen LogP contribution in [0.3, 0.4) is 0 Å². The fourth-order valence-electron chi connectivity index (χ4n) is 2.46. The first-order chi connectivity index (χ1) is 8.47. The molecule has 2 atom stereocenters. The number of nitrogens with zero attached hydrogens (tertiary/aromatic N) is 1. The third-order valence-electron chi connectivity index (χ3n) is 3.67. The molecule has 1 saturated heterocycles. The Morgan fingerprint density at radius 1 is 1.44 bits per heavy atom. The number of amides is 2. The molecule has 5 heteroatoms. The van der Waals surface area contributed by atoms with E-state index in [-0.39, 0.29) is 18.6 Å². The topological polar surface area (TPSA) is 69.6 Å². The van der Waals surface area contributed by atoms with E-state index >= 15 is 0 Å². The summed E-state index contributed by atoms with van der Waals surface area (Å²) in [7, 11) is 0. The van der Waals surface area contributed by atoms with Crippen LogP contribution in [0.15, 0.2) is 0 Å². The number of rotatable bonds is 5. The maximum absolute atomic E-state index is 12.0. The van der Waals surface area contributed by atoms with Crippen LogP contribution in [0.4, 0.5) is 4.79 Å². The number of hydrogen-bond donors (Lipinski definition) is 2. The Morgan fingerprint density at radius 2 is 2.11 bits per heavy atom. The van der Waals surface area contributed by atoms with Crippen molar-refractivity contribution in [3.8, 4) is 0 Å². The summed E-state index contributed by atoms with van der Waals surface area (Å²) >= 11 is 0. The van der Waals surface area contributed by atoms with Crippen LogP contribution in [0.2, 0.25) is 0 Å². The van der Waals surface area contributed by atoms with Crippen LogP contribution in [-0.2, 0) is 4.79 Å². The van der Waals surface area contributed by atoms with E-state index in [2.05, 4.69) is 19.2 Å². The summed E-state index contributed by atoms with van der Waals surface area (Å²) in [6.45, 7) is 7.03. The van der Waals surface area contributed by atoms with E-state index in [1.807, 2.05) is 11.8 Å². The van der Waals surface area contributed by atoms with Crippen LogP contribution < -0.4 is 5.32 Å². The van der Waals surface area contributed by atoms with Gasteiger partial charge in [0.15, 0.2) is 0 Å². The van der Waals surface area contributed by atoms with Gasteiger partial charge in [-0.15, -0.1) is 0 Å². The molecule has 0 aromatic rings. The third kappa shape index (κ3) is 3.62. The molecule has 0 spiro atoms. The van der Waals surface area contributed by atoms with Gasteiger partial charge in [0.25, 0.3) is 0 Å². The van der Waals surface area contributed by atoms with E-state index in [9.17, 15) is 9.59 Å². The Bertz CT molecular complexity index is 305. The van der Waals surface area contributed by atoms with Crippen molar-refractivity contribution >= 4 is 12.0 Å². The molecule has 18 heavy (non-hydrogen) atoms. The van der Waals surface area contributed by atoms with Crippen molar-refractivity contribution in [2.24, 2.45) is 11.8 Å². The first kappa shape index (κ1) is 14.8. The molecular formula is C13H24N2O3. The number of carboxylic acids is 1. The molecular weight excluding hydrogens is 232 g/mol. The first-order valence-electron chi connectivity index (χ1n) is 6.74. The summed E-state index contributed by atoms with van der Waals surface area (Å²) < 4.78 is 0. The summed E-state index contributed by atoms with van der Waals surface area (Å²) in [6, 6.07) is 0.167. The predicted octanol–water partition coefficient (Wildman–Crippen LogP) is 1.93. The summed E-state index contributed by atoms with van der Waals surface area (Å²) in [5, 5.41) is 11.7. The van der Waals surface area contributed by atoms with E-state index in [0.29, 0.717) is 12.3 Å². The van der Waals surface area contributed by atoms with Gasteiger partial charge in [0.2, 0.25) is 0 Å². The number of carbonyl (C=O) groups is 2. The molecule has 1 aliphatic rings. The van der Waals surface area contributed by atoms with Crippen molar-refractivity contribution in [3.63, 3.8) is 0 Å². The molecule has 1 heterocycles. The minimum absolute atomic E-state index is 0.120. The zero-order valence-corrected chi connectivity index (χ0v) is 11.5. The lowest BCUT2D eigenvalue weighted by atomic mass is 10.0. The molecule has 2 amide bonds. The zero-order valence-electron chi connectivity index (χ0n) is 11.5. The molecule has 104 valence electrons.